The number of carbonyl (C=O) groups is 2. The van der Waals surface area contributed by atoms with Crippen LogP contribution in [-0.2, 0) is 14.3 Å². The Morgan fingerprint density at radius 3 is 2.16 bits per heavy atom. The Balaban J connectivity index is 1.99. The summed E-state index contributed by atoms with van der Waals surface area (Å²) in [4.78, 5) is 26.0. The van der Waals surface area contributed by atoms with E-state index in [0.717, 1.165) is 0 Å². The topological polar surface area (TPSA) is 85.3 Å². The maximum absolute atomic E-state index is 12.6. The van der Waals surface area contributed by atoms with E-state index in [2.05, 4.69) is 0 Å². The maximum Gasteiger partial charge on any atom is 0.410 e. The Labute approximate surface area is 183 Å². The van der Waals surface area contributed by atoms with Crippen molar-refractivity contribution in [3.8, 4) is 5.75 Å². The van der Waals surface area contributed by atoms with Crippen LogP contribution in [0, 0.1) is 0 Å². The van der Waals surface area contributed by atoms with Crippen LogP contribution >= 0.6 is 0 Å². The molecule has 0 aliphatic rings. The summed E-state index contributed by atoms with van der Waals surface area (Å²) < 4.78 is 16.3. The minimum absolute atomic E-state index is 0.0640. The third kappa shape index (κ3) is 7.70. The van der Waals surface area contributed by atoms with E-state index in [0.29, 0.717) is 23.5 Å². The van der Waals surface area contributed by atoms with Crippen molar-refractivity contribution in [1.82, 2.24) is 4.90 Å². The minimum Gasteiger partial charge on any atom is -0.444 e. The van der Waals surface area contributed by atoms with Crippen molar-refractivity contribution in [2.45, 2.75) is 45.5 Å². The standard InChI is InChI=1S/C24H31NO6/c1-6-29-21(18-10-8-7-9-11-18)22(27)30-19-14-12-17(13-15-19)20(26)16-25(5)23(28)31-24(2,3)4/h7-15,20-21,26H,6,16H2,1-5H3. The fourth-order valence-corrected chi connectivity index (χ4v) is 2.80. The summed E-state index contributed by atoms with van der Waals surface area (Å²) in [6, 6.07) is 15.6. The molecule has 0 aromatic heterocycles. The lowest BCUT2D eigenvalue weighted by atomic mass is 10.1. The van der Waals surface area contributed by atoms with E-state index in [1.165, 1.54) is 4.90 Å². The lowest BCUT2D eigenvalue weighted by Gasteiger charge is -2.26. The number of carbonyl (C=O) groups excluding carboxylic acids is 2. The molecule has 0 aliphatic carbocycles. The molecular formula is C24H31NO6. The summed E-state index contributed by atoms with van der Waals surface area (Å²) in [6.07, 6.45) is -2.25. The number of aliphatic hydroxyl groups is 1. The van der Waals surface area contributed by atoms with Crippen molar-refractivity contribution in [3.63, 3.8) is 0 Å². The monoisotopic (exact) mass is 429 g/mol. The molecule has 0 fully saturated rings. The molecule has 7 heteroatoms. The fraction of sp³-hybridized carbons (Fsp3) is 0.417. The number of amides is 1. The summed E-state index contributed by atoms with van der Waals surface area (Å²) in [5, 5.41) is 10.4. The normalized spacial score (nSPS) is 13.2. The quantitative estimate of drug-likeness (QED) is 0.498. The van der Waals surface area contributed by atoms with Gasteiger partial charge in [0.15, 0.2) is 6.10 Å². The Hall–Kier alpha value is -2.90. The maximum atomic E-state index is 12.6. The predicted molar refractivity (Wildman–Crippen MR) is 117 cm³/mol. The molecule has 2 atom stereocenters. The number of likely N-dealkylation sites (N-methyl/N-ethyl adjacent to an activating group) is 1. The molecule has 0 spiro atoms. The molecule has 1 N–H and O–H groups in total. The predicted octanol–water partition coefficient (Wildman–Crippen LogP) is 4.27. The highest BCUT2D eigenvalue weighted by Gasteiger charge is 2.24. The van der Waals surface area contributed by atoms with Gasteiger partial charge < -0.3 is 24.2 Å². The van der Waals surface area contributed by atoms with Gasteiger partial charge in [-0.25, -0.2) is 9.59 Å². The second kappa shape index (κ2) is 10.9. The number of aliphatic hydroxyl groups excluding tert-OH is 1. The van der Waals surface area contributed by atoms with Crippen LogP contribution in [0.5, 0.6) is 5.75 Å². The van der Waals surface area contributed by atoms with Crippen molar-refractivity contribution >= 4 is 12.1 Å². The molecule has 0 bridgehead atoms. The van der Waals surface area contributed by atoms with Gasteiger partial charge in [-0.1, -0.05) is 42.5 Å². The van der Waals surface area contributed by atoms with Gasteiger partial charge in [0.2, 0.25) is 0 Å². The van der Waals surface area contributed by atoms with Gasteiger partial charge in [-0.2, -0.15) is 0 Å². The summed E-state index contributed by atoms with van der Waals surface area (Å²) in [7, 11) is 1.56. The van der Waals surface area contributed by atoms with Gasteiger partial charge in [0.25, 0.3) is 0 Å². The highest BCUT2D eigenvalue weighted by molar-refractivity contribution is 5.78. The number of benzene rings is 2. The largest absolute Gasteiger partial charge is 0.444 e. The van der Waals surface area contributed by atoms with Crippen molar-refractivity contribution in [2.75, 3.05) is 20.2 Å². The highest BCUT2D eigenvalue weighted by Crippen LogP contribution is 2.23. The van der Waals surface area contributed by atoms with Gasteiger partial charge >= 0.3 is 12.1 Å². The van der Waals surface area contributed by atoms with E-state index in [4.69, 9.17) is 14.2 Å². The molecule has 0 heterocycles. The van der Waals surface area contributed by atoms with Gasteiger partial charge in [-0.05, 0) is 51.0 Å². The Kier molecular flexibility index (Phi) is 8.59. The third-order valence-corrected chi connectivity index (χ3v) is 4.29. The lowest BCUT2D eigenvalue weighted by Crippen LogP contribution is -2.36. The second-order valence-electron chi connectivity index (χ2n) is 8.11. The molecule has 1 amide bonds. The molecule has 0 aliphatic heterocycles. The molecule has 2 aromatic carbocycles. The molecule has 2 unspecified atom stereocenters. The molecule has 2 aromatic rings. The van der Waals surface area contributed by atoms with Crippen LogP contribution in [0.3, 0.4) is 0 Å². The number of rotatable bonds is 8. The average molecular weight is 430 g/mol. The van der Waals surface area contributed by atoms with Gasteiger partial charge in [-0.15, -0.1) is 0 Å². The van der Waals surface area contributed by atoms with Gasteiger partial charge in [0.1, 0.15) is 11.4 Å². The number of hydrogen-bond donors (Lipinski definition) is 1. The first-order valence-corrected chi connectivity index (χ1v) is 10.2. The van der Waals surface area contributed by atoms with Crippen LogP contribution in [0.2, 0.25) is 0 Å². The first-order chi connectivity index (χ1) is 14.6. The molecular weight excluding hydrogens is 398 g/mol. The third-order valence-electron chi connectivity index (χ3n) is 4.29. The molecule has 0 radical (unpaired) electrons. The summed E-state index contributed by atoms with van der Waals surface area (Å²) >= 11 is 0. The van der Waals surface area contributed by atoms with E-state index >= 15 is 0 Å². The van der Waals surface area contributed by atoms with Crippen molar-refractivity contribution in [3.05, 3.63) is 65.7 Å². The Morgan fingerprint density at radius 2 is 1.61 bits per heavy atom. The second-order valence-corrected chi connectivity index (χ2v) is 8.11. The molecule has 7 nitrogen and oxygen atoms in total. The van der Waals surface area contributed by atoms with Crippen molar-refractivity contribution < 1.29 is 28.9 Å². The summed E-state index contributed by atoms with van der Waals surface area (Å²) in [5.41, 5.74) is 0.687. The van der Waals surface area contributed by atoms with Crippen LogP contribution < -0.4 is 4.74 Å². The summed E-state index contributed by atoms with van der Waals surface area (Å²) in [5.74, 6) is -0.187. The zero-order valence-electron chi connectivity index (χ0n) is 18.7. The first-order valence-electron chi connectivity index (χ1n) is 10.2. The van der Waals surface area contributed by atoms with Crippen LogP contribution in [0.15, 0.2) is 54.6 Å². The van der Waals surface area contributed by atoms with Gasteiger partial charge in [0.05, 0.1) is 12.6 Å². The zero-order chi connectivity index (χ0) is 23.0. The molecule has 31 heavy (non-hydrogen) atoms. The number of hydrogen-bond acceptors (Lipinski definition) is 6. The van der Waals surface area contributed by atoms with E-state index in [1.807, 2.05) is 37.3 Å². The SMILES string of the molecule is CCOC(C(=O)Oc1ccc(C(O)CN(C)C(=O)OC(C)(C)C)cc1)c1ccccc1. The zero-order valence-corrected chi connectivity index (χ0v) is 18.7. The minimum atomic E-state index is -0.914. The fourth-order valence-electron chi connectivity index (χ4n) is 2.80. The summed E-state index contributed by atoms with van der Waals surface area (Å²) in [6.45, 7) is 7.59. The van der Waals surface area contributed by atoms with E-state index in [-0.39, 0.29) is 6.54 Å². The Bertz CT molecular complexity index is 845. The van der Waals surface area contributed by atoms with E-state index in [9.17, 15) is 14.7 Å². The number of esters is 1. The van der Waals surface area contributed by atoms with E-state index in [1.54, 1.807) is 52.1 Å². The molecule has 0 saturated carbocycles. The van der Waals surface area contributed by atoms with Gasteiger partial charge in [-0.3, -0.25) is 0 Å². The number of nitrogens with zero attached hydrogens (tertiary/aromatic N) is 1. The smallest absolute Gasteiger partial charge is 0.410 e. The van der Waals surface area contributed by atoms with Crippen LogP contribution in [0.25, 0.3) is 0 Å². The lowest BCUT2D eigenvalue weighted by molar-refractivity contribution is -0.147. The van der Waals surface area contributed by atoms with Crippen molar-refractivity contribution in [1.29, 1.82) is 0 Å². The van der Waals surface area contributed by atoms with E-state index < -0.39 is 29.9 Å². The highest BCUT2D eigenvalue weighted by atomic mass is 16.6. The van der Waals surface area contributed by atoms with Crippen molar-refractivity contribution in [2.24, 2.45) is 0 Å². The van der Waals surface area contributed by atoms with Crippen LogP contribution in [0.4, 0.5) is 4.79 Å². The molecule has 2 rings (SSSR count). The molecule has 0 saturated heterocycles. The Morgan fingerprint density at radius 1 is 1.00 bits per heavy atom. The molecule has 168 valence electrons. The van der Waals surface area contributed by atoms with Crippen LogP contribution in [0.1, 0.15) is 51.0 Å². The first kappa shape index (κ1) is 24.4. The van der Waals surface area contributed by atoms with Crippen LogP contribution in [-0.4, -0.2) is 47.9 Å². The average Bonchev–Trinajstić information content (AvgIpc) is 2.71. The van der Waals surface area contributed by atoms with Gasteiger partial charge in [0, 0.05) is 13.7 Å². The number of ether oxygens (including phenoxy) is 3.